The minimum absolute atomic E-state index is 0. The van der Waals surface area contributed by atoms with Gasteiger partial charge >= 0.3 is 0 Å². The molecule has 0 fully saturated rings. The number of nitrogens with zero attached hydrogens (tertiary/aromatic N) is 2. The van der Waals surface area contributed by atoms with Crippen molar-refractivity contribution in [1.29, 1.82) is 0 Å². The van der Waals surface area contributed by atoms with E-state index in [0.717, 1.165) is 29.3 Å². The Morgan fingerprint density at radius 3 is 3.05 bits per heavy atom. The summed E-state index contributed by atoms with van der Waals surface area (Å²) in [5.74, 6) is 0.541. The summed E-state index contributed by atoms with van der Waals surface area (Å²) in [5.41, 5.74) is 6.51. The monoisotopic (exact) mass is 315 g/mol. The van der Waals surface area contributed by atoms with Gasteiger partial charge in [0.2, 0.25) is 0 Å². The third-order valence-electron chi connectivity index (χ3n) is 3.03. The van der Waals surface area contributed by atoms with Gasteiger partial charge < -0.3 is 10.5 Å². The standard InChI is InChI=1S/C13H14FN3OS.ClH/c14-10-1-2-12-9(5-10)7-17(3-4-18-12)8-11-6-16-13(15)19-11;/h1-2,5-6H,3-4,7-8H2,(H2,15,16);1H. The fourth-order valence-electron chi connectivity index (χ4n) is 2.17. The van der Waals surface area contributed by atoms with Crippen LogP contribution in [0.2, 0.25) is 0 Å². The van der Waals surface area contributed by atoms with Crippen molar-refractivity contribution in [3.63, 3.8) is 0 Å². The average molecular weight is 316 g/mol. The van der Waals surface area contributed by atoms with E-state index in [1.807, 2.05) is 0 Å². The van der Waals surface area contributed by atoms with Crippen molar-refractivity contribution in [3.05, 3.63) is 40.7 Å². The number of hydrogen-bond acceptors (Lipinski definition) is 5. The predicted octanol–water partition coefficient (Wildman–Crippen LogP) is 2.68. The van der Waals surface area contributed by atoms with Gasteiger partial charge in [-0.05, 0) is 18.2 Å². The van der Waals surface area contributed by atoms with Crippen LogP contribution in [0.3, 0.4) is 0 Å². The highest BCUT2D eigenvalue weighted by Gasteiger charge is 2.16. The molecule has 7 heteroatoms. The molecule has 1 aromatic carbocycles. The van der Waals surface area contributed by atoms with Gasteiger partial charge in [-0.25, -0.2) is 9.37 Å². The van der Waals surface area contributed by atoms with Crippen LogP contribution in [0.15, 0.2) is 24.4 Å². The lowest BCUT2D eigenvalue weighted by Crippen LogP contribution is -2.24. The van der Waals surface area contributed by atoms with Gasteiger partial charge in [-0.1, -0.05) is 0 Å². The smallest absolute Gasteiger partial charge is 0.180 e. The molecule has 0 saturated carbocycles. The van der Waals surface area contributed by atoms with E-state index in [-0.39, 0.29) is 18.2 Å². The molecule has 0 bridgehead atoms. The maximum atomic E-state index is 13.3. The third-order valence-corrected chi connectivity index (χ3v) is 3.84. The summed E-state index contributed by atoms with van der Waals surface area (Å²) in [5, 5.41) is 0.576. The third kappa shape index (κ3) is 3.39. The van der Waals surface area contributed by atoms with Crippen molar-refractivity contribution in [2.24, 2.45) is 0 Å². The van der Waals surface area contributed by atoms with Gasteiger partial charge in [-0.2, -0.15) is 0 Å². The molecule has 2 N–H and O–H groups in total. The van der Waals surface area contributed by atoms with Crippen molar-refractivity contribution in [2.45, 2.75) is 13.1 Å². The van der Waals surface area contributed by atoms with E-state index in [9.17, 15) is 4.39 Å². The number of nitrogens with two attached hydrogens (primary N) is 1. The zero-order valence-electron chi connectivity index (χ0n) is 10.7. The summed E-state index contributed by atoms with van der Waals surface area (Å²) < 4.78 is 18.9. The molecule has 0 saturated heterocycles. The minimum atomic E-state index is -0.230. The lowest BCUT2D eigenvalue weighted by Gasteiger charge is -2.17. The van der Waals surface area contributed by atoms with E-state index in [1.165, 1.54) is 23.5 Å². The van der Waals surface area contributed by atoms with Gasteiger partial charge in [0.1, 0.15) is 18.2 Å². The van der Waals surface area contributed by atoms with Crippen molar-refractivity contribution >= 4 is 28.9 Å². The van der Waals surface area contributed by atoms with Crippen LogP contribution in [-0.4, -0.2) is 23.0 Å². The Hall–Kier alpha value is -1.37. The number of nitrogen functional groups attached to an aromatic ring is 1. The van der Waals surface area contributed by atoms with E-state index < -0.39 is 0 Å². The molecule has 0 aliphatic carbocycles. The first-order valence-electron chi connectivity index (χ1n) is 6.04. The topological polar surface area (TPSA) is 51.4 Å². The molecule has 1 aromatic heterocycles. The van der Waals surface area contributed by atoms with Crippen LogP contribution < -0.4 is 10.5 Å². The summed E-state index contributed by atoms with van der Waals surface area (Å²) in [4.78, 5) is 7.36. The Kier molecular flexibility index (Phi) is 4.80. The highest BCUT2D eigenvalue weighted by atomic mass is 35.5. The summed E-state index contributed by atoms with van der Waals surface area (Å²) in [6, 6.07) is 4.66. The molecule has 2 aromatic rings. The van der Waals surface area contributed by atoms with E-state index >= 15 is 0 Å². The normalized spacial score (nSPS) is 14.8. The summed E-state index contributed by atoms with van der Waals surface area (Å²) in [6.07, 6.45) is 1.79. The Morgan fingerprint density at radius 2 is 2.30 bits per heavy atom. The molecule has 0 radical (unpaired) electrons. The highest BCUT2D eigenvalue weighted by Crippen LogP contribution is 2.25. The molecule has 0 atom stereocenters. The maximum Gasteiger partial charge on any atom is 0.180 e. The van der Waals surface area contributed by atoms with Gasteiger partial charge in [0, 0.05) is 36.3 Å². The number of anilines is 1. The lowest BCUT2D eigenvalue weighted by molar-refractivity contribution is 0.221. The van der Waals surface area contributed by atoms with Crippen molar-refractivity contribution in [1.82, 2.24) is 9.88 Å². The van der Waals surface area contributed by atoms with Gasteiger partial charge in [0.05, 0.1) is 0 Å². The summed E-state index contributed by atoms with van der Waals surface area (Å²) in [7, 11) is 0. The highest BCUT2D eigenvalue weighted by molar-refractivity contribution is 7.15. The molecule has 3 rings (SSSR count). The molecule has 20 heavy (non-hydrogen) atoms. The molecule has 1 aliphatic heterocycles. The van der Waals surface area contributed by atoms with Crippen LogP contribution in [0.1, 0.15) is 10.4 Å². The summed E-state index contributed by atoms with van der Waals surface area (Å²) >= 11 is 1.48. The quantitative estimate of drug-likeness (QED) is 0.925. The second-order valence-corrected chi connectivity index (χ2v) is 5.62. The molecule has 1 aliphatic rings. The van der Waals surface area contributed by atoms with Crippen molar-refractivity contribution in [2.75, 3.05) is 18.9 Å². The number of thiazole rings is 1. The average Bonchev–Trinajstić information content (AvgIpc) is 2.67. The first-order chi connectivity index (χ1) is 9.20. The number of fused-ring (bicyclic) bond motifs is 1. The van der Waals surface area contributed by atoms with E-state index in [2.05, 4.69) is 9.88 Å². The van der Waals surface area contributed by atoms with Crippen molar-refractivity contribution in [3.8, 4) is 5.75 Å². The lowest BCUT2D eigenvalue weighted by atomic mass is 10.2. The number of benzene rings is 1. The van der Waals surface area contributed by atoms with Crippen LogP contribution >= 0.6 is 23.7 Å². The molecule has 108 valence electrons. The Bertz CT molecular complexity index is 593. The number of ether oxygens (including phenoxy) is 1. The first kappa shape index (κ1) is 15.0. The molecular weight excluding hydrogens is 301 g/mol. The second kappa shape index (κ2) is 6.39. The van der Waals surface area contributed by atoms with Gasteiger partial charge in [-0.15, -0.1) is 23.7 Å². The zero-order chi connectivity index (χ0) is 13.2. The van der Waals surface area contributed by atoms with Gasteiger partial charge in [0.25, 0.3) is 0 Å². The van der Waals surface area contributed by atoms with Crippen LogP contribution in [-0.2, 0) is 13.1 Å². The largest absolute Gasteiger partial charge is 0.492 e. The van der Waals surface area contributed by atoms with Gasteiger partial charge in [0.15, 0.2) is 5.13 Å². The number of rotatable bonds is 2. The van der Waals surface area contributed by atoms with E-state index in [4.69, 9.17) is 10.5 Å². The summed E-state index contributed by atoms with van der Waals surface area (Å²) in [6.45, 7) is 2.83. The van der Waals surface area contributed by atoms with Crippen LogP contribution in [0.4, 0.5) is 9.52 Å². The first-order valence-corrected chi connectivity index (χ1v) is 6.86. The predicted molar refractivity (Wildman–Crippen MR) is 79.8 cm³/mol. The van der Waals surface area contributed by atoms with Crippen LogP contribution in [0.25, 0.3) is 0 Å². The number of halogens is 2. The molecular formula is C13H15ClFN3OS. The molecule has 2 heterocycles. The number of hydrogen-bond donors (Lipinski definition) is 1. The Morgan fingerprint density at radius 1 is 1.45 bits per heavy atom. The van der Waals surface area contributed by atoms with Crippen molar-refractivity contribution < 1.29 is 9.13 Å². The Labute approximate surface area is 126 Å². The van der Waals surface area contributed by atoms with E-state index in [0.29, 0.717) is 18.3 Å². The Balaban J connectivity index is 0.00000147. The minimum Gasteiger partial charge on any atom is -0.492 e. The molecule has 4 nitrogen and oxygen atoms in total. The number of aromatic nitrogens is 1. The zero-order valence-corrected chi connectivity index (χ0v) is 12.3. The second-order valence-electron chi connectivity index (χ2n) is 4.48. The molecule has 0 unspecified atom stereocenters. The van der Waals surface area contributed by atoms with Gasteiger partial charge in [-0.3, -0.25) is 4.90 Å². The van der Waals surface area contributed by atoms with Crippen LogP contribution in [0, 0.1) is 5.82 Å². The fourth-order valence-corrected chi connectivity index (χ4v) is 2.89. The maximum absolute atomic E-state index is 13.3. The van der Waals surface area contributed by atoms with Crippen LogP contribution in [0.5, 0.6) is 5.75 Å². The molecule has 0 amide bonds. The fraction of sp³-hybridized carbons (Fsp3) is 0.308. The molecule has 0 spiro atoms. The SMILES string of the molecule is Cl.Nc1ncc(CN2CCOc3ccc(F)cc3C2)s1. The van der Waals surface area contributed by atoms with E-state index in [1.54, 1.807) is 12.3 Å².